The zero-order chi connectivity index (χ0) is 23.7. The first-order valence-corrected chi connectivity index (χ1v) is 13.1. The molecule has 0 bridgehead atoms. The highest BCUT2D eigenvalue weighted by molar-refractivity contribution is 5.91. The van der Waals surface area contributed by atoms with Gasteiger partial charge in [-0.3, -0.25) is 4.79 Å². The van der Waals surface area contributed by atoms with Gasteiger partial charge < -0.3 is 15.2 Å². The quantitative estimate of drug-likeness (QED) is 0.485. The third kappa shape index (κ3) is 3.70. The summed E-state index contributed by atoms with van der Waals surface area (Å²) in [5.74, 6) is 1.19. The minimum atomic E-state index is -0.758. The van der Waals surface area contributed by atoms with E-state index in [1.165, 1.54) is 38.5 Å². The van der Waals surface area contributed by atoms with Crippen LogP contribution >= 0.6 is 0 Å². The standard InChI is InChI=1S/C29H38N4O/c1-32(2)25-19-11-9-17-23(25)27-31-24-18-10-12-20-26(24)33(27)29(28(30)34,21-13-5-3-6-14-21)22-15-7-4-8-16-22/h9-12,17-22H,3-8,13-16H2,1-2H3,(H2,30,34). The predicted molar refractivity (Wildman–Crippen MR) is 140 cm³/mol. The molecule has 2 N–H and O–H groups in total. The molecule has 1 heterocycles. The summed E-state index contributed by atoms with van der Waals surface area (Å²) in [6.45, 7) is 0. The molecule has 180 valence electrons. The number of rotatable bonds is 6. The number of aromatic nitrogens is 2. The molecule has 5 heteroatoms. The number of nitrogens with two attached hydrogens (primary N) is 1. The summed E-state index contributed by atoms with van der Waals surface area (Å²) in [4.78, 5) is 21.3. The van der Waals surface area contributed by atoms with Crippen LogP contribution in [-0.4, -0.2) is 29.6 Å². The molecule has 0 atom stereocenters. The Kier molecular flexibility index (Phi) is 6.37. The SMILES string of the molecule is CN(C)c1ccccc1-c1nc2ccccc2n1C(C(N)=O)(C1CCCCC1)C1CCCCC1. The van der Waals surface area contributed by atoms with E-state index in [1.54, 1.807) is 0 Å². The fourth-order valence-electron chi connectivity index (χ4n) is 6.93. The van der Waals surface area contributed by atoms with Crippen LogP contribution in [0.2, 0.25) is 0 Å². The molecule has 2 fully saturated rings. The lowest BCUT2D eigenvalue weighted by Gasteiger charge is -2.48. The second-order valence-corrected chi connectivity index (χ2v) is 10.5. The molecule has 3 aromatic rings. The Hall–Kier alpha value is -2.82. The van der Waals surface area contributed by atoms with E-state index >= 15 is 0 Å². The van der Waals surface area contributed by atoms with Crippen LogP contribution in [0, 0.1) is 11.8 Å². The van der Waals surface area contributed by atoms with Gasteiger partial charge in [-0.05, 0) is 61.8 Å². The van der Waals surface area contributed by atoms with E-state index in [1.807, 2.05) is 6.07 Å². The molecule has 2 aliphatic carbocycles. The number of nitrogens with zero attached hydrogens (tertiary/aromatic N) is 3. The number of hydrogen-bond acceptors (Lipinski definition) is 3. The Morgan fingerprint density at radius 2 is 1.44 bits per heavy atom. The molecule has 1 amide bonds. The van der Waals surface area contributed by atoms with Crippen LogP contribution < -0.4 is 10.6 Å². The maximum absolute atomic E-state index is 13.9. The number of carbonyl (C=O) groups excluding carboxylic acids is 1. The van der Waals surface area contributed by atoms with Gasteiger partial charge in [0.2, 0.25) is 5.91 Å². The molecule has 34 heavy (non-hydrogen) atoms. The normalized spacial score (nSPS) is 18.3. The van der Waals surface area contributed by atoms with Gasteiger partial charge in [0.1, 0.15) is 11.4 Å². The molecule has 2 aliphatic rings. The van der Waals surface area contributed by atoms with Crippen molar-refractivity contribution in [3.8, 4) is 11.4 Å². The molecule has 0 aliphatic heterocycles. The minimum absolute atomic E-state index is 0.168. The summed E-state index contributed by atoms with van der Waals surface area (Å²) in [6, 6.07) is 16.7. The largest absolute Gasteiger partial charge is 0.377 e. The molecule has 2 saturated carbocycles. The maximum atomic E-state index is 13.9. The highest BCUT2D eigenvalue weighted by atomic mass is 16.1. The average Bonchev–Trinajstić information content (AvgIpc) is 3.25. The van der Waals surface area contributed by atoms with E-state index in [4.69, 9.17) is 10.7 Å². The fourth-order valence-corrected chi connectivity index (χ4v) is 6.93. The van der Waals surface area contributed by atoms with Crippen LogP contribution in [0.4, 0.5) is 5.69 Å². The Bertz CT molecular complexity index is 1130. The molecular formula is C29H38N4O. The number of anilines is 1. The number of benzene rings is 2. The minimum Gasteiger partial charge on any atom is -0.377 e. The Balaban J connectivity index is 1.85. The Labute approximate surface area is 203 Å². The van der Waals surface area contributed by atoms with Gasteiger partial charge in [-0.2, -0.15) is 0 Å². The van der Waals surface area contributed by atoms with Crippen LogP contribution in [0.3, 0.4) is 0 Å². The number of fused-ring (bicyclic) bond motifs is 1. The molecule has 5 nitrogen and oxygen atoms in total. The van der Waals surface area contributed by atoms with Crippen molar-refractivity contribution >= 4 is 22.6 Å². The number of imidazole rings is 1. The number of amides is 1. The summed E-state index contributed by atoms with van der Waals surface area (Å²) in [6.07, 6.45) is 11.4. The van der Waals surface area contributed by atoms with Gasteiger partial charge in [0.15, 0.2) is 0 Å². The summed E-state index contributed by atoms with van der Waals surface area (Å²) in [7, 11) is 4.13. The van der Waals surface area contributed by atoms with E-state index in [0.29, 0.717) is 0 Å². The van der Waals surface area contributed by atoms with Gasteiger partial charge in [-0.15, -0.1) is 0 Å². The highest BCUT2D eigenvalue weighted by Gasteiger charge is 2.53. The van der Waals surface area contributed by atoms with Crippen LogP contribution in [0.15, 0.2) is 48.5 Å². The van der Waals surface area contributed by atoms with Crippen molar-refractivity contribution in [2.75, 3.05) is 19.0 Å². The lowest BCUT2D eigenvalue weighted by atomic mass is 9.63. The van der Waals surface area contributed by atoms with Gasteiger partial charge in [-0.1, -0.05) is 62.8 Å². The van der Waals surface area contributed by atoms with E-state index in [0.717, 1.165) is 53.8 Å². The van der Waals surface area contributed by atoms with Crippen molar-refractivity contribution in [3.63, 3.8) is 0 Å². The van der Waals surface area contributed by atoms with Crippen molar-refractivity contribution < 1.29 is 4.79 Å². The number of primary amides is 1. The molecule has 0 saturated heterocycles. The van der Waals surface area contributed by atoms with Crippen molar-refractivity contribution in [1.29, 1.82) is 0 Å². The first-order chi connectivity index (χ1) is 16.5. The first-order valence-electron chi connectivity index (χ1n) is 13.1. The number of para-hydroxylation sites is 3. The summed E-state index contributed by atoms with van der Waals surface area (Å²) in [5.41, 5.74) is 9.92. The zero-order valence-electron chi connectivity index (χ0n) is 20.7. The van der Waals surface area contributed by atoms with E-state index < -0.39 is 5.54 Å². The molecule has 0 spiro atoms. The van der Waals surface area contributed by atoms with Crippen molar-refractivity contribution in [3.05, 3.63) is 48.5 Å². The highest BCUT2D eigenvalue weighted by Crippen LogP contribution is 2.51. The number of hydrogen-bond donors (Lipinski definition) is 1. The smallest absolute Gasteiger partial charge is 0.244 e. The summed E-state index contributed by atoms with van der Waals surface area (Å²) in [5, 5.41) is 0. The lowest BCUT2D eigenvalue weighted by molar-refractivity contribution is -0.135. The molecule has 0 unspecified atom stereocenters. The van der Waals surface area contributed by atoms with Crippen LogP contribution in [0.25, 0.3) is 22.4 Å². The van der Waals surface area contributed by atoms with E-state index in [2.05, 4.69) is 66.0 Å². The molecule has 0 radical (unpaired) electrons. The van der Waals surface area contributed by atoms with Gasteiger partial charge in [0, 0.05) is 25.3 Å². The Morgan fingerprint density at radius 1 is 0.882 bits per heavy atom. The van der Waals surface area contributed by atoms with Crippen LogP contribution in [0.5, 0.6) is 0 Å². The van der Waals surface area contributed by atoms with Crippen LogP contribution in [-0.2, 0) is 10.3 Å². The third-order valence-electron chi connectivity index (χ3n) is 8.41. The van der Waals surface area contributed by atoms with Gasteiger partial charge in [-0.25, -0.2) is 4.98 Å². The van der Waals surface area contributed by atoms with Crippen LogP contribution in [0.1, 0.15) is 64.2 Å². The lowest BCUT2D eigenvalue weighted by Crippen LogP contribution is -2.58. The maximum Gasteiger partial charge on any atom is 0.244 e. The molecule has 1 aromatic heterocycles. The zero-order valence-corrected chi connectivity index (χ0v) is 20.7. The van der Waals surface area contributed by atoms with Crippen molar-refractivity contribution in [2.24, 2.45) is 17.6 Å². The molecule has 2 aromatic carbocycles. The molecular weight excluding hydrogens is 420 g/mol. The van der Waals surface area contributed by atoms with Gasteiger partial charge in [0.25, 0.3) is 0 Å². The third-order valence-corrected chi connectivity index (χ3v) is 8.41. The molecule has 5 rings (SSSR count). The summed E-state index contributed by atoms with van der Waals surface area (Å²) >= 11 is 0. The number of carbonyl (C=O) groups is 1. The second-order valence-electron chi connectivity index (χ2n) is 10.5. The van der Waals surface area contributed by atoms with Crippen molar-refractivity contribution in [2.45, 2.75) is 69.7 Å². The average molecular weight is 459 g/mol. The topological polar surface area (TPSA) is 64.2 Å². The van der Waals surface area contributed by atoms with Crippen molar-refractivity contribution in [1.82, 2.24) is 9.55 Å². The second kappa shape index (κ2) is 9.44. The van der Waals surface area contributed by atoms with E-state index in [9.17, 15) is 4.79 Å². The Morgan fingerprint density at radius 3 is 2.03 bits per heavy atom. The monoisotopic (exact) mass is 458 g/mol. The van der Waals surface area contributed by atoms with Gasteiger partial charge in [0.05, 0.1) is 11.0 Å². The van der Waals surface area contributed by atoms with E-state index in [-0.39, 0.29) is 17.7 Å². The van der Waals surface area contributed by atoms with Gasteiger partial charge >= 0.3 is 0 Å². The summed E-state index contributed by atoms with van der Waals surface area (Å²) < 4.78 is 2.32. The fraction of sp³-hybridized carbons (Fsp3) is 0.517. The first kappa shape index (κ1) is 22.9. The predicted octanol–water partition coefficient (Wildman–Crippen LogP) is 6.11.